The third-order valence-electron chi connectivity index (χ3n) is 3.52. The molecular weight excluding hydrogens is 274 g/mol. The molecule has 116 valence electrons. The van der Waals surface area contributed by atoms with E-state index in [2.05, 4.69) is 15.5 Å². The van der Waals surface area contributed by atoms with E-state index in [1.165, 1.54) is 11.9 Å². The highest BCUT2D eigenvalue weighted by Crippen LogP contribution is 2.19. The van der Waals surface area contributed by atoms with Crippen LogP contribution in [0.4, 0.5) is 5.69 Å². The fourth-order valence-electron chi connectivity index (χ4n) is 2.36. The number of anilines is 1. The summed E-state index contributed by atoms with van der Waals surface area (Å²) in [5, 5.41) is 9.35. The fraction of sp³-hybridized carbons (Fsp3) is 0.615. The van der Waals surface area contributed by atoms with Crippen molar-refractivity contribution in [1.82, 2.24) is 20.4 Å². The molecule has 0 spiro atoms. The Morgan fingerprint density at radius 2 is 2.33 bits per heavy atom. The van der Waals surface area contributed by atoms with Crippen molar-refractivity contribution in [3.05, 3.63) is 11.4 Å². The first-order chi connectivity index (χ1) is 10.1. The van der Waals surface area contributed by atoms with Gasteiger partial charge in [0, 0.05) is 13.6 Å². The number of carbonyl (C=O) groups excluding carboxylic acids is 2. The average Bonchev–Trinajstić information content (AvgIpc) is 2.87. The zero-order valence-corrected chi connectivity index (χ0v) is 12.3. The summed E-state index contributed by atoms with van der Waals surface area (Å²) in [4.78, 5) is 25.9. The van der Waals surface area contributed by atoms with Gasteiger partial charge in [-0.2, -0.15) is 5.10 Å². The van der Waals surface area contributed by atoms with Crippen molar-refractivity contribution in [2.24, 2.45) is 0 Å². The van der Waals surface area contributed by atoms with Crippen LogP contribution in [-0.4, -0.2) is 59.8 Å². The van der Waals surface area contributed by atoms with Gasteiger partial charge in [-0.15, -0.1) is 0 Å². The second-order valence-corrected chi connectivity index (χ2v) is 4.92. The molecule has 21 heavy (non-hydrogen) atoms. The van der Waals surface area contributed by atoms with Crippen LogP contribution < -0.4 is 11.1 Å². The van der Waals surface area contributed by atoms with E-state index in [-0.39, 0.29) is 24.1 Å². The van der Waals surface area contributed by atoms with Crippen molar-refractivity contribution in [3.8, 4) is 0 Å². The second kappa shape index (κ2) is 6.57. The number of nitrogen functional groups attached to an aromatic ring is 1. The summed E-state index contributed by atoms with van der Waals surface area (Å²) >= 11 is 0. The largest absolute Gasteiger partial charge is 0.395 e. The highest BCUT2D eigenvalue weighted by atomic mass is 16.5. The van der Waals surface area contributed by atoms with Crippen molar-refractivity contribution in [1.29, 1.82) is 0 Å². The highest BCUT2D eigenvalue weighted by Gasteiger charge is 2.34. The Morgan fingerprint density at radius 1 is 1.57 bits per heavy atom. The van der Waals surface area contributed by atoms with Crippen LogP contribution in [0, 0.1) is 0 Å². The predicted octanol–water partition coefficient (Wildman–Crippen LogP) is -0.469. The molecule has 0 bridgehead atoms. The Hall–Kier alpha value is -2.09. The van der Waals surface area contributed by atoms with Gasteiger partial charge < -0.3 is 20.7 Å². The van der Waals surface area contributed by atoms with Gasteiger partial charge in [-0.1, -0.05) is 13.3 Å². The lowest BCUT2D eigenvalue weighted by Gasteiger charge is -2.33. The minimum atomic E-state index is -0.651. The summed E-state index contributed by atoms with van der Waals surface area (Å²) in [7, 11) is 1.53. The maximum atomic E-state index is 12.6. The lowest BCUT2D eigenvalue weighted by atomic mass is 10.1. The van der Waals surface area contributed by atoms with Gasteiger partial charge in [0.2, 0.25) is 5.91 Å². The van der Waals surface area contributed by atoms with E-state index in [0.717, 1.165) is 18.5 Å². The minimum Gasteiger partial charge on any atom is -0.395 e. The molecule has 1 aliphatic rings. The molecule has 0 radical (unpaired) electrons. The number of likely N-dealkylation sites (N-methyl/N-ethyl adjacent to an activating group) is 1. The lowest BCUT2D eigenvalue weighted by molar-refractivity contribution is -0.130. The second-order valence-electron chi connectivity index (χ2n) is 4.92. The van der Waals surface area contributed by atoms with Crippen LogP contribution >= 0.6 is 0 Å². The van der Waals surface area contributed by atoms with Gasteiger partial charge in [0.25, 0.3) is 5.91 Å². The number of nitrogens with zero attached hydrogens (tertiary/aromatic N) is 2. The number of nitrogens with one attached hydrogen (secondary N) is 2. The van der Waals surface area contributed by atoms with Crippen molar-refractivity contribution in [2.45, 2.75) is 25.8 Å². The van der Waals surface area contributed by atoms with Gasteiger partial charge in [0.05, 0.1) is 24.6 Å². The molecule has 1 aromatic rings. The van der Waals surface area contributed by atoms with Gasteiger partial charge in [-0.25, -0.2) is 0 Å². The third-order valence-corrected chi connectivity index (χ3v) is 3.52. The van der Waals surface area contributed by atoms with Crippen LogP contribution in [0.2, 0.25) is 0 Å². The molecule has 1 fully saturated rings. The minimum absolute atomic E-state index is 0.175. The molecule has 1 aliphatic heterocycles. The van der Waals surface area contributed by atoms with Crippen LogP contribution in [0.25, 0.3) is 0 Å². The SMILES string of the molecule is CCCc1[nH]nc(C(=O)N2CCOCC2C(=O)NC)c1N. The molecular formula is C13H21N5O3. The van der Waals surface area contributed by atoms with Crippen molar-refractivity contribution < 1.29 is 14.3 Å². The number of ether oxygens (including phenoxy) is 1. The molecule has 8 nitrogen and oxygen atoms in total. The Morgan fingerprint density at radius 3 is 3.00 bits per heavy atom. The molecule has 4 N–H and O–H groups in total. The van der Waals surface area contributed by atoms with Gasteiger partial charge in [-0.3, -0.25) is 14.7 Å². The van der Waals surface area contributed by atoms with E-state index in [4.69, 9.17) is 10.5 Å². The number of aryl methyl sites for hydroxylation is 1. The van der Waals surface area contributed by atoms with Crippen LogP contribution in [-0.2, 0) is 16.0 Å². The Bertz CT molecular complexity index is 528. The number of H-pyrrole nitrogens is 1. The van der Waals surface area contributed by atoms with Crippen LogP contribution in [0.1, 0.15) is 29.5 Å². The molecule has 1 aromatic heterocycles. The van der Waals surface area contributed by atoms with E-state index < -0.39 is 6.04 Å². The van der Waals surface area contributed by atoms with Crippen molar-refractivity contribution >= 4 is 17.5 Å². The first kappa shape index (κ1) is 15.3. The number of rotatable bonds is 4. The maximum absolute atomic E-state index is 12.6. The third kappa shape index (κ3) is 2.99. The molecule has 0 aliphatic carbocycles. The van der Waals surface area contributed by atoms with E-state index in [1.807, 2.05) is 6.92 Å². The summed E-state index contributed by atoms with van der Waals surface area (Å²) in [6, 6.07) is -0.651. The van der Waals surface area contributed by atoms with Crippen molar-refractivity contribution in [3.63, 3.8) is 0 Å². The Balaban J connectivity index is 2.22. The predicted molar refractivity (Wildman–Crippen MR) is 76.7 cm³/mol. The fourth-order valence-corrected chi connectivity index (χ4v) is 2.36. The van der Waals surface area contributed by atoms with Gasteiger partial charge in [0.1, 0.15) is 6.04 Å². The average molecular weight is 295 g/mol. The summed E-state index contributed by atoms with van der Waals surface area (Å²) in [6.45, 7) is 2.93. The molecule has 0 aromatic carbocycles. The maximum Gasteiger partial charge on any atom is 0.277 e. The molecule has 0 saturated carbocycles. The smallest absolute Gasteiger partial charge is 0.277 e. The normalized spacial score (nSPS) is 18.6. The number of hydrogen-bond acceptors (Lipinski definition) is 5. The first-order valence-corrected chi connectivity index (χ1v) is 7.03. The zero-order valence-electron chi connectivity index (χ0n) is 12.3. The number of morpholine rings is 1. The zero-order chi connectivity index (χ0) is 15.4. The molecule has 1 saturated heterocycles. The Kier molecular flexibility index (Phi) is 4.79. The summed E-state index contributed by atoms with van der Waals surface area (Å²) in [5.74, 6) is -0.603. The quantitative estimate of drug-likeness (QED) is 0.695. The molecule has 1 atom stereocenters. The Labute approximate surface area is 123 Å². The first-order valence-electron chi connectivity index (χ1n) is 7.03. The topological polar surface area (TPSA) is 113 Å². The molecule has 2 amide bonds. The van der Waals surface area contributed by atoms with E-state index >= 15 is 0 Å². The van der Waals surface area contributed by atoms with Crippen molar-refractivity contribution in [2.75, 3.05) is 32.5 Å². The lowest BCUT2D eigenvalue weighted by Crippen LogP contribution is -2.55. The van der Waals surface area contributed by atoms with Crippen LogP contribution in [0.3, 0.4) is 0 Å². The number of aromatic nitrogens is 2. The van der Waals surface area contributed by atoms with Gasteiger partial charge >= 0.3 is 0 Å². The molecule has 1 unspecified atom stereocenters. The van der Waals surface area contributed by atoms with E-state index in [9.17, 15) is 9.59 Å². The highest BCUT2D eigenvalue weighted by molar-refractivity contribution is 6.00. The molecule has 8 heteroatoms. The van der Waals surface area contributed by atoms with E-state index in [1.54, 1.807) is 0 Å². The number of aromatic amines is 1. The number of amides is 2. The summed E-state index contributed by atoms with van der Waals surface area (Å²) in [6.07, 6.45) is 1.63. The molecule has 2 rings (SSSR count). The number of nitrogens with two attached hydrogens (primary N) is 1. The standard InChI is InChI=1S/C13H21N5O3/c1-3-4-8-10(14)11(17-16-8)13(20)18-5-6-21-7-9(18)12(19)15-2/h9H,3-7,14H2,1-2H3,(H,15,19)(H,16,17). The van der Waals surface area contributed by atoms with Crippen LogP contribution in [0.15, 0.2) is 0 Å². The summed E-state index contributed by atoms with van der Waals surface area (Å²) in [5.41, 5.74) is 7.27. The number of carbonyl (C=O) groups is 2. The van der Waals surface area contributed by atoms with E-state index in [0.29, 0.717) is 18.8 Å². The monoisotopic (exact) mass is 295 g/mol. The van der Waals surface area contributed by atoms with Gasteiger partial charge in [-0.05, 0) is 6.42 Å². The van der Waals surface area contributed by atoms with Gasteiger partial charge in [0.15, 0.2) is 5.69 Å². The number of hydrogen-bond donors (Lipinski definition) is 3. The van der Waals surface area contributed by atoms with Crippen LogP contribution in [0.5, 0.6) is 0 Å². The summed E-state index contributed by atoms with van der Waals surface area (Å²) < 4.78 is 5.28. The molecule has 2 heterocycles.